The molecule has 10 nitrogen and oxygen atoms in total. The zero-order valence-electron chi connectivity index (χ0n) is 19.7. The Balaban J connectivity index is 1.31. The van der Waals surface area contributed by atoms with Crippen molar-refractivity contribution in [2.75, 3.05) is 32.5 Å². The highest BCUT2D eigenvalue weighted by Gasteiger charge is 2.26. The van der Waals surface area contributed by atoms with E-state index in [9.17, 15) is 9.59 Å². The number of rotatable bonds is 7. The summed E-state index contributed by atoms with van der Waals surface area (Å²) in [7, 11) is 4.31. The second-order valence-corrected chi connectivity index (χ2v) is 10.7. The first-order valence-electron chi connectivity index (χ1n) is 11.9. The molecule has 1 unspecified atom stereocenters. The quantitative estimate of drug-likeness (QED) is 0.343. The predicted molar refractivity (Wildman–Crippen MR) is 135 cm³/mol. The smallest absolute Gasteiger partial charge is 0.326 e. The van der Waals surface area contributed by atoms with E-state index in [1.807, 2.05) is 6.07 Å². The highest BCUT2D eigenvalue weighted by atomic mass is 32.1. The summed E-state index contributed by atoms with van der Waals surface area (Å²) in [6.07, 6.45) is 6.76. The zero-order valence-corrected chi connectivity index (χ0v) is 20.6. The molecule has 1 saturated carbocycles. The van der Waals surface area contributed by atoms with Crippen molar-refractivity contribution in [3.63, 3.8) is 0 Å². The van der Waals surface area contributed by atoms with E-state index in [4.69, 9.17) is 4.98 Å². The normalized spacial score (nSPS) is 21.9. The van der Waals surface area contributed by atoms with Gasteiger partial charge in [0.15, 0.2) is 5.65 Å². The van der Waals surface area contributed by atoms with Gasteiger partial charge in [0.25, 0.3) is 5.91 Å². The number of nitrogens with zero attached hydrogens (tertiary/aromatic N) is 5. The number of imide groups is 1. The van der Waals surface area contributed by atoms with Crippen molar-refractivity contribution in [2.24, 2.45) is 0 Å². The molecule has 3 aromatic rings. The fraction of sp³-hybridized carbons (Fsp3) is 0.417. The Morgan fingerprint density at radius 2 is 2.09 bits per heavy atom. The molecule has 182 valence electrons. The highest BCUT2D eigenvalue weighted by molar-refractivity contribution is 7.10. The third kappa shape index (κ3) is 4.54. The number of thiophene rings is 1. The van der Waals surface area contributed by atoms with E-state index in [0.717, 1.165) is 49.6 Å². The summed E-state index contributed by atoms with van der Waals surface area (Å²) >= 11 is 1.76. The lowest BCUT2D eigenvalue weighted by Gasteiger charge is -2.19. The molecule has 11 heteroatoms. The summed E-state index contributed by atoms with van der Waals surface area (Å²) in [5.74, 6) is 0.418. The van der Waals surface area contributed by atoms with Gasteiger partial charge < -0.3 is 15.5 Å². The van der Waals surface area contributed by atoms with E-state index in [1.165, 1.54) is 11.3 Å². The maximum absolute atomic E-state index is 12.0. The van der Waals surface area contributed by atoms with Crippen LogP contribution in [0.4, 0.5) is 10.6 Å². The fourth-order valence-corrected chi connectivity index (χ4v) is 5.52. The molecule has 3 aromatic heterocycles. The molecule has 5 heterocycles. The van der Waals surface area contributed by atoms with Crippen molar-refractivity contribution in [3.05, 3.63) is 39.8 Å². The SMILES string of the molecule is CN(C)C1CCN(Cc2cc(-c3cc(NC4CC4)n4ncc(/C=C5\NC(=O)NC5=O)c4n3)cs2)C1. The lowest BCUT2D eigenvalue weighted by Crippen LogP contribution is -2.31. The van der Waals surface area contributed by atoms with Crippen LogP contribution in [0, 0.1) is 0 Å². The number of likely N-dealkylation sites (N-methyl/N-ethyl adjacent to an activating group) is 1. The summed E-state index contributed by atoms with van der Waals surface area (Å²) in [4.78, 5) is 34.6. The van der Waals surface area contributed by atoms with Crippen LogP contribution in [0.5, 0.6) is 0 Å². The lowest BCUT2D eigenvalue weighted by atomic mass is 10.2. The van der Waals surface area contributed by atoms with Crippen LogP contribution >= 0.6 is 11.3 Å². The van der Waals surface area contributed by atoms with Crippen LogP contribution in [0.2, 0.25) is 0 Å². The highest BCUT2D eigenvalue weighted by Crippen LogP contribution is 2.32. The molecule has 1 aliphatic carbocycles. The number of likely N-dealkylation sites (tertiary alicyclic amines) is 1. The van der Waals surface area contributed by atoms with Crippen LogP contribution in [-0.2, 0) is 11.3 Å². The average Bonchev–Trinajstić information content (AvgIpc) is 3.18. The van der Waals surface area contributed by atoms with Gasteiger partial charge in [0.1, 0.15) is 11.5 Å². The molecule has 3 N–H and O–H groups in total. The number of nitrogens with one attached hydrogen (secondary N) is 3. The Morgan fingerprint density at radius 3 is 2.80 bits per heavy atom. The Labute approximate surface area is 207 Å². The van der Waals surface area contributed by atoms with Gasteiger partial charge in [0.05, 0.1) is 11.9 Å². The van der Waals surface area contributed by atoms with Crippen LogP contribution in [-0.4, -0.2) is 75.6 Å². The third-order valence-corrected chi connectivity index (χ3v) is 7.68. The minimum Gasteiger partial charge on any atom is -0.367 e. The van der Waals surface area contributed by atoms with Crippen LogP contribution in [0.15, 0.2) is 29.4 Å². The summed E-state index contributed by atoms with van der Waals surface area (Å²) in [5.41, 5.74) is 3.42. The average molecular weight is 493 g/mol. The van der Waals surface area contributed by atoms with Crippen molar-refractivity contribution in [1.82, 2.24) is 35.0 Å². The summed E-state index contributed by atoms with van der Waals surface area (Å²) < 4.78 is 1.77. The second kappa shape index (κ2) is 8.74. The topological polar surface area (TPSA) is 107 Å². The summed E-state index contributed by atoms with van der Waals surface area (Å²) in [5, 5.41) is 15.0. The van der Waals surface area contributed by atoms with Crippen molar-refractivity contribution < 1.29 is 9.59 Å². The summed E-state index contributed by atoms with van der Waals surface area (Å²) in [6.45, 7) is 3.16. The molecule has 6 rings (SSSR count). The number of carbonyl (C=O) groups is 2. The van der Waals surface area contributed by atoms with Crippen LogP contribution in [0.25, 0.3) is 23.0 Å². The largest absolute Gasteiger partial charge is 0.367 e. The van der Waals surface area contributed by atoms with Crippen LogP contribution in [0.3, 0.4) is 0 Å². The van der Waals surface area contributed by atoms with E-state index in [0.29, 0.717) is 23.3 Å². The number of hydrogen-bond acceptors (Lipinski definition) is 8. The van der Waals surface area contributed by atoms with Gasteiger partial charge in [-0.1, -0.05) is 0 Å². The number of fused-ring (bicyclic) bond motifs is 1. The van der Waals surface area contributed by atoms with Crippen LogP contribution in [0.1, 0.15) is 29.7 Å². The molecule has 2 saturated heterocycles. The van der Waals surface area contributed by atoms with E-state index in [-0.39, 0.29) is 5.70 Å². The van der Waals surface area contributed by atoms with Crippen molar-refractivity contribution in [2.45, 2.75) is 37.9 Å². The molecule has 3 fully saturated rings. The van der Waals surface area contributed by atoms with Gasteiger partial charge in [-0.2, -0.15) is 9.61 Å². The van der Waals surface area contributed by atoms with E-state index in [1.54, 1.807) is 28.1 Å². The standard InChI is InChI=1S/C24H28N8O2S/c1-30(2)17-5-6-31(11-17)12-18-7-15(13-35-18)19-9-21(26-16-3-4-16)32-22(27-19)14(10-25-32)8-20-23(33)29-24(34)28-20/h7-10,13,16-17,26H,3-6,11-12H2,1-2H3,(H2,28,29,33,34)/b20-8-. The van der Waals surface area contributed by atoms with Crippen molar-refractivity contribution in [1.29, 1.82) is 0 Å². The van der Waals surface area contributed by atoms with Crippen molar-refractivity contribution in [3.8, 4) is 11.3 Å². The number of aromatic nitrogens is 3. The molecule has 35 heavy (non-hydrogen) atoms. The monoisotopic (exact) mass is 492 g/mol. The first kappa shape index (κ1) is 22.2. The molecule has 2 aliphatic heterocycles. The Kier molecular flexibility index (Phi) is 5.54. The molecule has 0 radical (unpaired) electrons. The maximum Gasteiger partial charge on any atom is 0.326 e. The molecule has 3 amide bonds. The van der Waals surface area contributed by atoms with Gasteiger partial charge in [-0.05, 0) is 45.5 Å². The number of amides is 3. The zero-order chi connectivity index (χ0) is 24.1. The Bertz CT molecular complexity index is 1340. The number of anilines is 1. The first-order valence-corrected chi connectivity index (χ1v) is 12.8. The number of urea groups is 1. The molecule has 3 aliphatic rings. The van der Waals surface area contributed by atoms with Gasteiger partial charge >= 0.3 is 6.03 Å². The second-order valence-electron chi connectivity index (χ2n) is 9.69. The van der Waals surface area contributed by atoms with Gasteiger partial charge in [0, 0.05) is 59.2 Å². The van der Waals surface area contributed by atoms with Gasteiger partial charge in [-0.3, -0.25) is 15.0 Å². The Morgan fingerprint density at radius 1 is 1.23 bits per heavy atom. The van der Waals surface area contributed by atoms with Crippen molar-refractivity contribution >= 4 is 40.8 Å². The molecule has 1 atom stereocenters. The molecular weight excluding hydrogens is 464 g/mol. The van der Waals surface area contributed by atoms with Crippen LogP contribution < -0.4 is 16.0 Å². The third-order valence-electron chi connectivity index (χ3n) is 6.75. The predicted octanol–water partition coefficient (Wildman–Crippen LogP) is 2.35. The lowest BCUT2D eigenvalue weighted by molar-refractivity contribution is -0.115. The van der Waals surface area contributed by atoms with Gasteiger partial charge in [0.2, 0.25) is 0 Å². The minimum absolute atomic E-state index is 0.188. The number of carbonyl (C=O) groups excluding carboxylic acids is 2. The maximum atomic E-state index is 12.0. The van der Waals surface area contributed by atoms with Gasteiger partial charge in [-0.25, -0.2) is 9.78 Å². The van der Waals surface area contributed by atoms with Gasteiger partial charge in [-0.15, -0.1) is 11.3 Å². The Hall–Kier alpha value is -3.28. The van der Waals surface area contributed by atoms with E-state index in [2.05, 4.69) is 56.4 Å². The fourth-order valence-electron chi connectivity index (χ4n) is 4.60. The summed E-state index contributed by atoms with van der Waals surface area (Å²) in [6, 6.07) is 4.81. The number of hydrogen-bond donors (Lipinski definition) is 3. The minimum atomic E-state index is -0.525. The molecule has 0 spiro atoms. The molecule has 0 aromatic carbocycles. The van der Waals surface area contributed by atoms with E-state index >= 15 is 0 Å². The molecule has 0 bridgehead atoms. The molecular formula is C24H28N8O2S. The first-order chi connectivity index (χ1) is 16.9. The van der Waals surface area contributed by atoms with E-state index < -0.39 is 11.9 Å².